The molecular formula is C12H20N2OS. The minimum absolute atomic E-state index is 0.0186. The zero-order chi connectivity index (χ0) is 12.0. The Morgan fingerprint density at radius 2 is 2.38 bits per heavy atom. The van der Waals surface area contributed by atoms with Crippen LogP contribution in [-0.4, -0.2) is 24.4 Å². The van der Waals surface area contributed by atoms with Crippen LogP contribution in [0.15, 0.2) is 17.5 Å². The zero-order valence-electron chi connectivity index (χ0n) is 9.98. The fourth-order valence-electron chi connectivity index (χ4n) is 1.72. The van der Waals surface area contributed by atoms with Crippen molar-refractivity contribution in [3.63, 3.8) is 0 Å². The zero-order valence-corrected chi connectivity index (χ0v) is 10.8. The van der Waals surface area contributed by atoms with Crippen molar-refractivity contribution in [1.82, 2.24) is 4.90 Å². The molecule has 1 aromatic rings. The molecule has 0 fully saturated rings. The Hall–Kier alpha value is -0.870. The molecule has 90 valence electrons. The molecule has 16 heavy (non-hydrogen) atoms. The van der Waals surface area contributed by atoms with E-state index >= 15 is 0 Å². The SMILES string of the molecule is CCCC(CN)C(=O)N(C)Cc1cccs1. The van der Waals surface area contributed by atoms with Crippen LogP contribution < -0.4 is 5.73 Å². The van der Waals surface area contributed by atoms with Crippen LogP contribution in [0.3, 0.4) is 0 Å². The molecule has 0 aliphatic carbocycles. The molecule has 1 aromatic heterocycles. The highest BCUT2D eigenvalue weighted by atomic mass is 32.1. The molecule has 0 bridgehead atoms. The number of carbonyl (C=O) groups excluding carboxylic acids is 1. The summed E-state index contributed by atoms with van der Waals surface area (Å²) in [6.07, 6.45) is 1.88. The first-order chi connectivity index (χ1) is 7.69. The van der Waals surface area contributed by atoms with Gasteiger partial charge < -0.3 is 10.6 Å². The standard InChI is InChI=1S/C12H20N2OS/c1-3-5-10(8-13)12(15)14(2)9-11-6-4-7-16-11/h4,6-7,10H,3,5,8-9,13H2,1-2H3. The molecule has 1 atom stereocenters. The van der Waals surface area contributed by atoms with Crippen LogP contribution in [0.2, 0.25) is 0 Å². The lowest BCUT2D eigenvalue weighted by molar-refractivity contribution is -0.134. The van der Waals surface area contributed by atoms with Crippen molar-refractivity contribution < 1.29 is 4.79 Å². The first-order valence-corrected chi connectivity index (χ1v) is 6.54. The number of rotatable bonds is 6. The van der Waals surface area contributed by atoms with Crippen LogP contribution in [-0.2, 0) is 11.3 Å². The maximum Gasteiger partial charge on any atom is 0.227 e. The van der Waals surface area contributed by atoms with E-state index in [1.807, 2.05) is 24.6 Å². The van der Waals surface area contributed by atoms with Crippen LogP contribution >= 0.6 is 11.3 Å². The fourth-order valence-corrected chi connectivity index (χ4v) is 2.47. The minimum Gasteiger partial charge on any atom is -0.340 e. The Morgan fingerprint density at radius 3 is 2.88 bits per heavy atom. The average Bonchev–Trinajstić information content (AvgIpc) is 2.77. The van der Waals surface area contributed by atoms with Crippen LogP contribution in [0.5, 0.6) is 0 Å². The van der Waals surface area contributed by atoms with Crippen molar-refractivity contribution in [2.24, 2.45) is 11.7 Å². The fraction of sp³-hybridized carbons (Fsp3) is 0.583. The van der Waals surface area contributed by atoms with E-state index in [1.54, 1.807) is 16.2 Å². The van der Waals surface area contributed by atoms with Crippen LogP contribution in [0.1, 0.15) is 24.6 Å². The molecule has 0 saturated carbocycles. The van der Waals surface area contributed by atoms with Gasteiger partial charge in [0.05, 0.1) is 12.5 Å². The highest BCUT2D eigenvalue weighted by Crippen LogP contribution is 2.14. The van der Waals surface area contributed by atoms with Crippen LogP contribution in [0, 0.1) is 5.92 Å². The molecule has 4 heteroatoms. The monoisotopic (exact) mass is 240 g/mol. The molecule has 0 aromatic carbocycles. The lowest BCUT2D eigenvalue weighted by Gasteiger charge is -2.22. The van der Waals surface area contributed by atoms with Gasteiger partial charge in [0.15, 0.2) is 0 Å². The van der Waals surface area contributed by atoms with Crippen molar-refractivity contribution in [2.45, 2.75) is 26.3 Å². The number of hydrogen-bond acceptors (Lipinski definition) is 3. The van der Waals surface area contributed by atoms with E-state index in [4.69, 9.17) is 5.73 Å². The summed E-state index contributed by atoms with van der Waals surface area (Å²) in [5.74, 6) is 0.146. The molecule has 0 radical (unpaired) electrons. The quantitative estimate of drug-likeness (QED) is 0.827. The second-order valence-electron chi connectivity index (χ2n) is 3.99. The molecule has 1 amide bonds. The number of thiophene rings is 1. The van der Waals surface area contributed by atoms with Gasteiger partial charge in [0, 0.05) is 18.5 Å². The van der Waals surface area contributed by atoms with Crippen molar-refractivity contribution in [1.29, 1.82) is 0 Å². The Kier molecular flexibility index (Phi) is 5.49. The third-order valence-corrected chi connectivity index (χ3v) is 3.48. The van der Waals surface area contributed by atoms with Crippen molar-refractivity contribution in [2.75, 3.05) is 13.6 Å². The van der Waals surface area contributed by atoms with Gasteiger partial charge in [-0.25, -0.2) is 0 Å². The Morgan fingerprint density at radius 1 is 1.62 bits per heavy atom. The molecule has 0 aliphatic rings. The van der Waals surface area contributed by atoms with Gasteiger partial charge >= 0.3 is 0 Å². The van der Waals surface area contributed by atoms with Gasteiger partial charge in [-0.15, -0.1) is 11.3 Å². The number of nitrogens with two attached hydrogens (primary N) is 1. The van der Waals surface area contributed by atoms with Crippen molar-refractivity contribution >= 4 is 17.2 Å². The highest BCUT2D eigenvalue weighted by Gasteiger charge is 2.19. The van der Waals surface area contributed by atoms with E-state index in [0.29, 0.717) is 13.1 Å². The molecule has 1 rings (SSSR count). The second kappa shape index (κ2) is 6.66. The molecule has 0 spiro atoms. The summed E-state index contributed by atoms with van der Waals surface area (Å²) in [5, 5.41) is 2.03. The van der Waals surface area contributed by atoms with Gasteiger partial charge in [0.2, 0.25) is 5.91 Å². The maximum atomic E-state index is 12.0. The van der Waals surface area contributed by atoms with Gasteiger partial charge in [-0.3, -0.25) is 4.79 Å². The normalized spacial score (nSPS) is 12.4. The lowest BCUT2D eigenvalue weighted by atomic mass is 10.0. The average molecular weight is 240 g/mol. The number of amides is 1. The Balaban J connectivity index is 2.52. The predicted octanol–water partition coefficient (Wildman–Crippen LogP) is 2.08. The summed E-state index contributed by atoms with van der Waals surface area (Å²) in [6, 6.07) is 4.05. The van der Waals surface area contributed by atoms with E-state index < -0.39 is 0 Å². The highest BCUT2D eigenvalue weighted by molar-refractivity contribution is 7.09. The molecule has 0 aliphatic heterocycles. The summed E-state index contributed by atoms with van der Waals surface area (Å²) in [6.45, 7) is 3.22. The van der Waals surface area contributed by atoms with E-state index in [0.717, 1.165) is 12.8 Å². The van der Waals surface area contributed by atoms with Crippen LogP contribution in [0.25, 0.3) is 0 Å². The van der Waals surface area contributed by atoms with E-state index in [1.165, 1.54) is 4.88 Å². The van der Waals surface area contributed by atoms with Crippen molar-refractivity contribution in [3.05, 3.63) is 22.4 Å². The lowest BCUT2D eigenvalue weighted by Crippen LogP contribution is -2.36. The van der Waals surface area contributed by atoms with Gasteiger partial charge in [-0.1, -0.05) is 19.4 Å². The summed E-state index contributed by atoms with van der Waals surface area (Å²) in [7, 11) is 1.85. The van der Waals surface area contributed by atoms with Crippen LogP contribution in [0.4, 0.5) is 0 Å². The first kappa shape index (κ1) is 13.2. The summed E-state index contributed by atoms with van der Waals surface area (Å²) >= 11 is 1.68. The topological polar surface area (TPSA) is 46.3 Å². The molecule has 0 saturated heterocycles. The predicted molar refractivity (Wildman–Crippen MR) is 68.2 cm³/mol. The second-order valence-corrected chi connectivity index (χ2v) is 5.03. The molecule has 1 unspecified atom stereocenters. The number of carbonyl (C=O) groups is 1. The van der Waals surface area contributed by atoms with Gasteiger partial charge in [-0.2, -0.15) is 0 Å². The molecule has 2 N–H and O–H groups in total. The third-order valence-electron chi connectivity index (χ3n) is 2.62. The molecule has 1 heterocycles. The number of hydrogen-bond donors (Lipinski definition) is 1. The van der Waals surface area contributed by atoms with E-state index in [2.05, 4.69) is 6.92 Å². The Labute approximate surface area is 101 Å². The van der Waals surface area contributed by atoms with E-state index in [9.17, 15) is 4.79 Å². The summed E-state index contributed by atoms with van der Waals surface area (Å²) in [4.78, 5) is 15.0. The smallest absolute Gasteiger partial charge is 0.227 e. The molecular weight excluding hydrogens is 220 g/mol. The van der Waals surface area contributed by atoms with Gasteiger partial charge in [0.25, 0.3) is 0 Å². The Bertz CT molecular complexity index is 311. The van der Waals surface area contributed by atoms with Gasteiger partial charge in [-0.05, 0) is 17.9 Å². The number of nitrogens with zero attached hydrogens (tertiary/aromatic N) is 1. The molecule has 3 nitrogen and oxygen atoms in total. The van der Waals surface area contributed by atoms with Gasteiger partial charge in [0.1, 0.15) is 0 Å². The van der Waals surface area contributed by atoms with E-state index in [-0.39, 0.29) is 11.8 Å². The minimum atomic E-state index is -0.0186. The largest absolute Gasteiger partial charge is 0.340 e. The first-order valence-electron chi connectivity index (χ1n) is 5.66. The maximum absolute atomic E-state index is 12.0. The summed E-state index contributed by atoms with van der Waals surface area (Å²) in [5.41, 5.74) is 5.63. The summed E-state index contributed by atoms with van der Waals surface area (Å²) < 4.78 is 0. The third kappa shape index (κ3) is 3.61. The van der Waals surface area contributed by atoms with Crippen molar-refractivity contribution in [3.8, 4) is 0 Å².